The third kappa shape index (κ3) is 5.86. The van der Waals surface area contributed by atoms with Crippen LogP contribution < -0.4 is 0 Å². The van der Waals surface area contributed by atoms with Crippen molar-refractivity contribution in [2.75, 3.05) is 7.05 Å². The highest BCUT2D eigenvalue weighted by Gasteiger charge is 2.42. The first-order valence-corrected chi connectivity index (χ1v) is 20.9. The maximum absolute atomic E-state index is 5.37. The van der Waals surface area contributed by atoms with E-state index < -0.39 is 0 Å². The summed E-state index contributed by atoms with van der Waals surface area (Å²) >= 11 is 2.12. The Labute approximate surface area is 338 Å². The monoisotopic (exact) mass is 751 g/mol. The van der Waals surface area contributed by atoms with Gasteiger partial charge in [0.25, 0.3) is 0 Å². The van der Waals surface area contributed by atoms with Crippen LogP contribution in [-0.2, 0) is 0 Å². The lowest BCUT2D eigenvalue weighted by atomic mass is 9.81. The third-order valence-electron chi connectivity index (χ3n) is 12.2. The molecule has 0 N–H and O–H groups in total. The van der Waals surface area contributed by atoms with Crippen molar-refractivity contribution < 1.29 is 0 Å². The predicted octanol–water partition coefficient (Wildman–Crippen LogP) is 12.7. The highest BCUT2D eigenvalue weighted by Crippen LogP contribution is 2.52. The Balaban J connectivity index is 0.966. The van der Waals surface area contributed by atoms with E-state index in [1.54, 1.807) is 5.57 Å². The molecule has 3 nitrogen and oxygen atoms in total. The topological polar surface area (TPSA) is 20.5 Å². The summed E-state index contributed by atoms with van der Waals surface area (Å²) in [5.41, 5.74) is 14.5. The second-order valence-electron chi connectivity index (χ2n) is 15.5. The van der Waals surface area contributed by atoms with E-state index in [2.05, 4.69) is 229 Å². The fraction of sp³-hybridized carbons (Fsp3) is 0.113. The van der Waals surface area contributed by atoms with Gasteiger partial charge in [0, 0.05) is 51.5 Å². The van der Waals surface area contributed by atoms with Gasteiger partial charge in [0.15, 0.2) is 0 Å². The number of aromatic nitrogens is 1. The maximum atomic E-state index is 5.37. The molecule has 4 heteroatoms. The van der Waals surface area contributed by atoms with Crippen LogP contribution in [0.3, 0.4) is 0 Å². The first-order chi connectivity index (χ1) is 28.2. The lowest BCUT2D eigenvalue weighted by Gasteiger charge is -2.34. The zero-order valence-corrected chi connectivity index (χ0v) is 32.5. The highest BCUT2D eigenvalue weighted by molar-refractivity contribution is 8.01. The van der Waals surface area contributed by atoms with Crippen LogP contribution in [-0.4, -0.2) is 32.7 Å². The van der Waals surface area contributed by atoms with Crippen LogP contribution in [0.1, 0.15) is 34.3 Å². The second-order valence-corrected chi connectivity index (χ2v) is 16.8. The van der Waals surface area contributed by atoms with E-state index >= 15 is 0 Å². The van der Waals surface area contributed by atoms with Crippen molar-refractivity contribution in [1.82, 2.24) is 9.47 Å². The molecule has 4 aliphatic rings. The molecule has 6 aromatic carbocycles. The van der Waals surface area contributed by atoms with Crippen LogP contribution in [0.25, 0.3) is 44.3 Å². The van der Waals surface area contributed by atoms with Crippen molar-refractivity contribution >= 4 is 45.0 Å². The molecule has 1 fully saturated rings. The molecule has 5 atom stereocenters. The number of rotatable bonds is 6. The SMILES string of the molecule is CN1C(c2ccccc2)=CC(c2ccccc2)=NC1c1cccc(-c2ccc3c(c2)c2ccccc2n3-c2cccc(C3C=CC=C4C5C=CC=CC5SC43)c2)c1. The average Bonchev–Trinajstić information content (AvgIpc) is 3.83. The van der Waals surface area contributed by atoms with Crippen molar-refractivity contribution in [2.24, 2.45) is 10.9 Å². The lowest BCUT2D eigenvalue weighted by molar-refractivity contribution is 0.364. The quantitative estimate of drug-likeness (QED) is 0.169. The third-order valence-corrected chi connectivity index (χ3v) is 13.8. The molecule has 11 rings (SSSR count). The zero-order chi connectivity index (χ0) is 37.9. The fourth-order valence-electron chi connectivity index (χ4n) is 9.39. The number of hydrogen-bond donors (Lipinski definition) is 0. The number of fused-ring (bicyclic) bond motifs is 6. The molecular weight excluding hydrogens is 711 g/mol. The predicted molar refractivity (Wildman–Crippen MR) is 241 cm³/mol. The minimum atomic E-state index is -0.177. The summed E-state index contributed by atoms with van der Waals surface area (Å²) in [7, 11) is 2.16. The summed E-state index contributed by atoms with van der Waals surface area (Å²) < 4.78 is 2.46. The van der Waals surface area contributed by atoms with Crippen molar-refractivity contribution in [3.63, 3.8) is 0 Å². The van der Waals surface area contributed by atoms with Crippen molar-refractivity contribution in [3.05, 3.63) is 228 Å². The minimum Gasteiger partial charge on any atom is -0.349 e. The van der Waals surface area contributed by atoms with Crippen LogP contribution in [0.4, 0.5) is 0 Å². The Bertz CT molecular complexity index is 2870. The molecule has 1 saturated heterocycles. The molecule has 2 aliphatic carbocycles. The molecule has 1 aromatic heterocycles. The van der Waals surface area contributed by atoms with Gasteiger partial charge in [-0.1, -0.05) is 158 Å². The zero-order valence-electron chi connectivity index (χ0n) is 31.7. The molecule has 0 amide bonds. The number of allylic oxidation sites excluding steroid dienone is 7. The first-order valence-electron chi connectivity index (χ1n) is 19.9. The molecule has 0 radical (unpaired) electrons. The average molecular weight is 752 g/mol. The second kappa shape index (κ2) is 14.0. The Kier molecular flexibility index (Phi) is 8.33. The summed E-state index contributed by atoms with van der Waals surface area (Å²) in [6.45, 7) is 0. The number of hydrogen-bond acceptors (Lipinski definition) is 3. The van der Waals surface area contributed by atoms with Gasteiger partial charge in [-0.3, -0.25) is 4.99 Å². The van der Waals surface area contributed by atoms with Crippen LogP contribution in [0.5, 0.6) is 0 Å². The Hall–Kier alpha value is -6.36. The van der Waals surface area contributed by atoms with Crippen LogP contribution >= 0.6 is 11.8 Å². The Morgan fingerprint density at radius 2 is 1.25 bits per heavy atom. The number of para-hydroxylation sites is 1. The normalized spacial score (nSPS) is 22.3. The van der Waals surface area contributed by atoms with Gasteiger partial charge in [-0.2, -0.15) is 0 Å². The Morgan fingerprint density at radius 1 is 0.544 bits per heavy atom. The van der Waals surface area contributed by atoms with Gasteiger partial charge in [0.1, 0.15) is 6.17 Å². The van der Waals surface area contributed by atoms with E-state index in [9.17, 15) is 0 Å². The summed E-state index contributed by atoms with van der Waals surface area (Å²) in [4.78, 5) is 7.67. The molecule has 2 aliphatic heterocycles. The van der Waals surface area contributed by atoms with Crippen molar-refractivity contribution in [3.8, 4) is 16.8 Å². The summed E-state index contributed by atoms with van der Waals surface area (Å²) in [6.07, 6.45) is 18.3. The van der Waals surface area contributed by atoms with E-state index in [-0.39, 0.29) is 6.17 Å². The molecular formula is C53H41N3S. The van der Waals surface area contributed by atoms with E-state index in [0.717, 1.165) is 22.5 Å². The van der Waals surface area contributed by atoms with Gasteiger partial charge in [-0.25, -0.2) is 0 Å². The van der Waals surface area contributed by atoms with Crippen LogP contribution in [0.2, 0.25) is 0 Å². The maximum Gasteiger partial charge on any atom is 0.147 e. The summed E-state index contributed by atoms with van der Waals surface area (Å²) in [5.74, 6) is 0.837. The lowest BCUT2D eigenvalue weighted by Crippen LogP contribution is -2.27. The number of aliphatic imine (C=N–C) groups is 1. The highest BCUT2D eigenvalue weighted by atomic mass is 32.2. The molecule has 274 valence electrons. The van der Waals surface area contributed by atoms with Gasteiger partial charge < -0.3 is 9.47 Å². The van der Waals surface area contributed by atoms with Crippen molar-refractivity contribution in [2.45, 2.75) is 22.6 Å². The molecule has 7 aromatic rings. The molecule has 0 spiro atoms. The smallest absolute Gasteiger partial charge is 0.147 e. The Morgan fingerprint density at radius 3 is 2.12 bits per heavy atom. The molecule has 57 heavy (non-hydrogen) atoms. The van der Waals surface area contributed by atoms with E-state index in [4.69, 9.17) is 4.99 Å². The fourth-order valence-corrected chi connectivity index (χ4v) is 11.1. The van der Waals surface area contributed by atoms with Crippen LogP contribution in [0.15, 0.2) is 211 Å². The summed E-state index contributed by atoms with van der Waals surface area (Å²) in [6, 6.07) is 55.2. The van der Waals surface area contributed by atoms with Crippen LogP contribution in [0, 0.1) is 5.92 Å². The molecule has 5 unspecified atom stereocenters. The largest absolute Gasteiger partial charge is 0.349 e. The minimum absolute atomic E-state index is 0.177. The molecule has 0 bridgehead atoms. The van der Waals surface area contributed by atoms with Gasteiger partial charge >= 0.3 is 0 Å². The number of nitrogens with zero attached hydrogens (tertiary/aromatic N) is 3. The van der Waals surface area contributed by atoms with Gasteiger partial charge in [0.2, 0.25) is 0 Å². The number of benzene rings is 6. The molecule has 0 saturated carbocycles. The first kappa shape index (κ1) is 33.9. The standard InChI is InChI=1S/C53H41N3S/c1-55-50(36-17-6-3-7-18-36)34-47(35-15-4-2-5-16-35)54-53(55)40-21-12-19-37(31-40)38-29-30-49-46(33-38)43-23-8-10-27-48(43)56(49)41-22-13-20-39(32-41)42-25-14-26-45-44-24-9-11-28-51(44)57-52(42)45/h2-34,42,44,51-53H,1H3. The van der Waals surface area contributed by atoms with Gasteiger partial charge in [-0.15, -0.1) is 11.8 Å². The number of thioether (sulfide) groups is 1. The van der Waals surface area contributed by atoms with E-state index in [0.29, 0.717) is 22.3 Å². The molecule has 3 heterocycles. The van der Waals surface area contributed by atoms with E-state index in [1.807, 2.05) is 0 Å². The van der Waals surface area contributed by atoms with Gasteiger partial charge in [-0.05, 0) is 81.4 Å². The van der Waals surface area contributed by atoms with Gasteiger partial charge in [0.05, 0.1) is 16.7 Å². The van der Waals surface area contributed by atoms with Crippen molar-refractivity contribution in [1.29, 1.82) is 0 Å². The summed E-state index contributed by atoms with van der Waals surface area (Å²) in [5, 5.41) is 3.49. The van der Waals surface area contributed by atoms with E-state index in [1.165, 1.54) is 49.7 Å².